The van der Waals surface area contributed by atoms with Gasteiger partial charge in [-0.05, 0) is 72.8 Å². The number of carbonyl (C=O) groups excluding carboxylic acids is 1. The molecule has 6 rings (SSSR count). The number of nitrogens with one attached hydrogen (secondary N) is 1. The summed E-state index contributed by atoms with van der Waals surface area (Å²) < 4.78 is 37.6. The van der Waals surface area contributed by atoms with Gasteiger partial charge in [-0.2, -0.15) is 0 Å². The number of halogens is 1. The van der Waals surface area contributed by atoms with Crippen molar-refractivity contribution in [1.82, 2.24) is 9.55 Å². The maximum atomic E-state index is 13.4. The summed E-state index contributed by atoms with van der Waals surface area (Å²) in [4.78, 5) is 30.8. The molecule has 0 saturated carbocycles. The molecule has 0 fully saturated rings. The van der Waals surface area contributed by atoms with Crippen LogP contribution in [0.4, 0.5) is 10.1 Å². The lowest BCUT2D eigenvalue weighted by atomic mass is 10.1. The molecule has 2 aromatic heterocycles. The molecule has 0 atom stereocenters. The lowest BCUT2D eigenvalue weighted by molar-refractivity contribution is 0.102. The Morgan fingerprint density at radius 1 is 0.950 bits per heavy atom. The molecular weight excluding hydrogens is 517 g/mol. The summed E-state index contributed by atoms with van der Waals surface area (Å²) in [6, 6.07) is 19.0. The van der Waals surface area contributed by atoms with Gasteiger partial charge in [-0.15, -0.1) is 0 Å². The summed E-state index contributed by atoms with van der Waals surface area (Å²) in [5.74, 6) is 1.28. The van der Waals surface area contributed by atoms with Crippen LogP contribution in [-0.2, 0) is 0 Å². The van der Waals surface area contributed by atoms with Gasteiger partial charge in [0.25, 0.3) is 11.5 Å². The van der Waals surface area contributed by atoms with Gasteiger partial charge in [0, 0.05) is 23.8 Å². The smallest absolute Gasteiger partial charge is 0.271 e. The van der Waals surface area contributed by atoms with E-state index < -0.39 is 17.3 Å². The molecule has 0 saturated heterocycles. The van der Waals surface area contributed by atoms with Gasteiger partial charge >= 0.3 is 0 Å². The SMILES string of the molecule is COc1ccn(-c2ccc(F)cc2)c(=O)c1C(=O)Nc1ccc(Oc2ccnc3ccc4c(c23)OCCO4)cc1. The zero-order chi connectivity index (χ0) is 27.6. The number of ether oxygens (including phenoxy) is 4. The van der Waals surface area contributed by atoms with Gasteiger partial charge in [0.05, 0.1) is 18.0 Å². The predicted molar refractivity (Wildman–Crippen MR) is 146 cm³/mol. The van der Waals surface area contributed by atoms with Crippen molar-refractivity contribution in [1.29, 1.82) is 0 Å². The molecule has 1 aliphatic rings. The summed E-state index contributed by atoms with van der Waals surface area (Å²) in [5, 5.41) is 3.43. The number of hydrogen-bond donors (Lipinski definition) is 1. The number of aromatic nitrogens is 2. The molecule has 10 heteroatoms. The third-order valence-electron chi connectivity index (χ3n) is 6.32. The summed E-state index contributed by atoms with van der Waals surface area (Å²) >= 11 is 0. The Hall–Kier alpha value is -5.38. The molecule has 1 aliphatic heterocycles. The Bertz CT molecular complexity index is 1790. The van der Waals surface area contributed by atoms with Gasteiger partial charge in [0.15, 0.2) is 11.5 Å². The quantitative estimate of drug-likeness (QED) is 0.311. The van der Waals surface area contributed by atoms with Crippen LogP contribution in [0.2, 0.25) is 0 Å². The van der Waals surface area contributed by atoms with E-state index in [2.05, 4.69) is 10.3 Å². The number of amides is 1. The zero-order valence-electron chi connectivity index (χ0n) is 21.2. The minimum atomic E-state index is -0.657. The van der Waals surface area contributed by atoms with Crippen LogP contribution in [0.1, 0.15) is 10.4 Å². The number of anilines is 1. The fourth-order valence-corrected chi connectivity index (χ4v) is 4.43. The number of benzene rings is 3. The molecule has 0 unspecified atom stereocenters. The Kier molecular flexibility index (Phi) is 6.49. The fourth-order valence-electron chi connectivity index (χ4n) is 4.43. The molecule has 1 amide bonds. The van der Waals surface area contributed by atoms with Gasteiger partial charge in [0.2, 0.25) is 0 Å². The molecule has 3 aromatic carbocycles. The van der Waals surface area contributed by atoms with Gasteiger partial charge in [-0.1, -0.05) is 0 Å². The number of carbonyl (C=O) groups is 1. The lowest BCUT2D eigenvalue weighted by Crippen LogP contribution is -2.28. The van der Waals surface area contributed by atoms with Crippen molar-refractivity contribution in [3.8, 4) is 34.4 Å². The first-order valence-electron chi connectivity index (χ1n) is 12.3. The number of nitrogens with zero attached hydrogens (tertiary/aromatic N) is 2. The number of pyridine rings is 2. The third kappa shape index (κ3) is 4.66. The van der Waals surface area contributed by atoms with Crippen molar-refractivity contribution in [2.75, 3.05) is 25.6 Å². The first kappa shape index (κ1) is 24.9. The van der Waals surface area contributed by atoms with E-state index in [0.717, 1.165) is 0 Å². The van der Waals surface area contributed by atoms with Crippen molar-refractivity contribution in [2.24, 2.45) is 0 Å². The maximum absolute atomic E-state index is 13.4. The van der Waals surface area contributed by atoms with Crippen molar-refractivity contribution in [3.63, 3.8) is 0 Å². The van der Waals surface area contributed by atoms with Crippen molar-refractivity contribution < 1.29 is 28.1 Å². The Balaban J connectivity index is 1.25. The van der Waals surface area contributed by atoms with Gasteiger partial charge in [0.1, 0.15) is 41.8 Å². The highest BCUT2D eigenvalue weighted by Gasteiger charge is 2.21. The molecule has 0 aliphatic carbocycles. The van der Waals surface area contributed by atoms with E-state index in [1.807, 2.05) is 12.1 Å². The predicted octanol–water partition coefficient (Wildman–Crippen LogP) is 5.35. The normalized spacial score (nSPS) is 12.2. The van der Waals surface area contributed by atoms with Gasteiger partial charge in [-0.25, -0.2) is 4.39 Å². The van der Waals surface area contributed by atoms with Gasteiger partial charge < -0.3 is 24.3 Å². The lowest BCUT2D eigenvalue weighted by Gasteiger charge is -2.21. The van der Waals surface area contributed by atoms with E-state index in [4.69, 9.17) is 18.9 Å². The topological polar surface area (TPSA) is 101 Å². The second-order valence-corrected chi connectivity index (χ2v) is 8.78. The van der Waals surface area contributed by atoms with E-state index in [1.165, 1.54) is 48.2 Å². The first-order chi connectivity index (χ1) is 19.5. The molecule has 200 valence electrons. The van der Waals surface area contributed by atoms with E-state index in [0.29, 0.717) is 58.5 Å². The van der Waals surface area contributed by atoms with E-state index >= 15 is 0 Å². The number of methoxy groups -OCH3 is 1. The average molecular weight is 540 g/mol. The molecule has 40 heavy (non-hydrogen) atoms. The van der Waals surface area contributed by atoms with Crippen molar-refractivity contribution in [2.45, 2.75) is 0 Å². The Morgan fingerprint density at radius 3 is 2.50 bits per heavy atom. The summed E-state index contributed by atoms with van der Waals surface area (Å²) in [7, 11) is 1.37. The second-order valence-electron chi connectivity index (χ2n) is 8.78. The number of hydrogen-bond acceptors (Lipinski definition) is 7. The fraction of sp³-hybridized carbons (Fsp3) is 0.100. The molecule has 0 bridgehead atoms. The highest BCUT2D eigenvalue weighted by molar-refractivity contribution is 6.06. The molecule has 0 radical (unpaired) electrons. The van der Waals surface area contributed by atoms with E-state index in [1.54, 1.807) is 36.5 Å². The summed E-state index contributed by atoms with van der Waals surface area (Å²) in [5.41, 5.74) is 0.747. The Morgan fingerprint density at radius 2 is 1.73 bits per heavy atom. The van der Waals surface area contributed by atoms with Crippen LogP contribution in [0.15, 0.2) is 90.0 Å². The number of fused-ring (bicyclic) bond motifs is 3. The molecule has 3 heterocycles. The van der Waals surface area contributed by atoms with Crippen molar-refractivity contribution >= 4 is 22.5 Å². The Labute approximate surface area is 227 Å². The van der Waals surface area contributed by atoms with Crippen LogP contribution in [0.3, 0.4) is 0 Å². The van der Waals surface area contributed by atoms with Crippen LogP contribution in [0.5, 0.6) is 28.7 Å². The highest BCUT2D eigenvalue weighted by atomic mass is 19.1. The second kappa shape index (κ2) is 10.4. The maximum Gasteiger partial charge on any atom is 0.271 e. The van der Waals surface area contributed by atoms with E-state index in [9.17, 15) is 14.0 Å². The largest absolute Gasteiger partial charge is 0.496 e. The highest BCUT2D eigenvalue weighted by Crippen LogP contribution is 2.42. The molecule has 0 spiro atoms. The molecular formula is C30H22FN3O6. The first-order valence-corrected chi connectivity index (χ1v) is 12.3. The number of rotatable bonds is 6. The van der Waals surface area contributed by atoms with E-state index in [-0.39, 0.29) is 11.3 Å². The third-order valence-corrected chi connectivity index (χ3v) is 6.32. The minimum absolute atomic E-state index is 0.111. The van der Waals surface area contributed by atoms with Crippen LogP contribution < -0.4 is 29.8 Å². The monoisotopic (exact) mass is 539 g/mol. The van der Waals surface area contributed by atoms with Crippen LogP contribution in [-0.4, -0.2) is 35.8 Å². The minimum Gasteiger partial charge on any atom is -0.496 e. The molecule has 5 aromatic rings. The standard InChI is InChI=1S/C30H22FN3O6/c1-37-23-13-15-34(20-6-2-18(31)3-7-20)30(36)27(23)29(35)33-19-4-8-21(9-5-19)40-24-12-14-32-22-10-11-25-28(26(22)24)39-17-16-38-25/h2-15H,16-17H2,1H3,(H,33,35). The van der Waals surface area contributed by atoms with Crippen LogP contribution >= 0.6 is 0 Å². The average Bonchev–Trinajstić information content (AvgIpc) is 2.98. The van der Waals surface area contributed by atoms with Crippen molar-refractivity contribution in [3.05, 3.63) is 107 Å². The van der Waals surface area contributed by atoms with Crippen LogP contribution in [0.25, 0.3) is 16.6 Å². The molecule has 9 nitrogen and oxygen atoms in total. The summed E-state index contributed by atoms with van der Waals surface area (Å²) in [6.07, 6.45) is 3.11. The van der Waals surface area contributed by atoms with Crippen LogP contribution in [0, 0.1) is 5.82 Å². The van der Waals surface area contributed by atoms with Gasteiger partial charge in [-0.3, -0.25) is 19.1 Å². The molecule has 1 N–H and O–H groups in total. The summed E-state index contributed by atoms with van der Waals surface area (Å²) in [6.45, 7) is 0.896. The zero-order valence-corrected chi connectivity index (χ0v) is 21.2.